The summed E-state index contributed by atoms with van der Waals surface area (Å²) < 4.78 is 5.63. The summed E-state index contributed by atoms with van der Waals surface area (Å²) in [5.41, 5.74) is 0. The Labute approximate surface area is 167 Å². The van der Waals surface area contributed by atoms with Crippen LogP contribution in [0.1, 0.15) is 51.9 Å². The van der Waals surface area contributed by atoms with Gasteiger partial charge in [0.1, 0.15) is 6.10 Å². The van der Waals surface area contributed by atoms with Gasteiger partial charge in [-0.05, 0) is 32.1 Å². The van der Waals surface area contributed by atoms with Crippen molar-refractivity contribution in [2.45, 2.75) is 82.4 Å². The van der Waals surface area contributed by atoms with Crippen LogP contribution in [-0.2, 0) is 9.53 Å². The summed E-state index contributed by atoms with van der Waals surface area (Å²) in [4.78, 5) is 10.3. The number of carboxylic acids is 1. The van der Waals surface area contributed by atoms with Crippen molar-refractivity contribution in [3.05, 3.63) is 48.6 Å². The van der Waals surface area contributed by atoms with Crippen LogP contribution in [0.3, 0.4) is 0 Å². The van der Waals surface area contributed by atoms with E-state index in [0.29, 0.717) is 25.7 Å². The van der Waals surface area contributed by atoms with Crippen LogP contribution >= 0.6 is 0 Å². The second kappa shape index (κ2) is 14.3. The lowest BCUT2D eigenvalue weighted by molar-refractivity contribution is -0.136. The summed E-state index contributed by atoms with van der Waals surface area (Å²) in [5, 5.41) is 38.3. The van der Waals surface area contributed by atoms with Crippen molar-refractivity contribution in [3.63, 3.8) is 0 Å². The molecule has 0 aromatic carbocycles. The zero-order chi connectivity index (χ0) is 20.8. The summed E-state index contributed by atoms with van der Waals surface area (Å²) in [7, 11) is 0. The fourth-order valence-corrected chi connectivity index (χ4v) is 2.82. The van der Waals surface area contributed by atoms with Gasteiger partial charge in [0, 0.05) is 12.8 Å². The first kappa shape index (κ1) is 24.3. The van der Waals surface area contributed by atoms with E-state index in [0.717, 1.165) is 12.8 Å². The number of aliphatic hydroxyl groups excluding tert-OH is 3. The lowest BCUT2D eigenvalue weighted by Gasteiger charge is -2.16. The molecule has 0 bridgehead atoms. The lowest BCUT2D eigenvalue weighted by atomic mass is 10.1. The second-order valence-electron chi connectivity index (χ2n) is 6.92. The largest absolute Gasteiger partial charge is 0.481 e. The molecule has 1 rings (SSSR count). The van der Waals surface area contributed by atoms with Crippen LogP contribution in [0.4, 0.5) is 0 Å². The minimum atomic E-state index is -0.784. The Hall–Kier alpha value is -1.73. The van der Waals surface area contributed by atoms with Gasteiger partial charge in [0.2, 0.25) is 0 Å². The van der Waals surface area contributed by atoms with Crippen LogP contribution in [-0.4, -0.2) is 56.9 Å². The van der Waals surface area contributed by atoms with Crippen molar-refractivity contribution in [1.29, 1.82) is 0 Å². The third-order valence-corrected chi connectivity index (χ3v) is 4.50. The highest BCUT2D eigenvalue weighted by Crippen LogP contribution is 2.25. The van der Waals surface area contributed by atoms with E-state index in [2.05, 4.69) is 0 Å². The molecule has 6 nitrogen and oxygen atoms in total. The molecule has 0 amide bonds. The topological polar surface area (TPSA) is 107 Å². The quantitative estimate of drug-likeness (QED) is 0.358. The Morgan fingerprint density at radius 1 is 1.11 bits per heavy atom. The maximum atomic E-state index is 10.3. The molecular formula is C22H34O6. The van der Waals surface area contributed by atoms with Gasteiger partial charge in [0.25, 0.3) is 0 Å². The Morgan fingerprint density at radius 3 is 2.39 bits per heavy atom. The molecule has 0 aromatic rings. The highest BCUT2D eigenvalue weighted by Gasteiger charge is 2.35. The molecule has 4 N–H and O–H groups in total. The van der Waals surface area contributed by atoms with Crippen molar-refractivity contribution in [2.24, 2.45) is 0 Å². The average molecular weight is 395 g/mol. The molecule has 1 fully saturated rings. The third-order valence-electron chi connectivity index (χ3n) is 4.50. The monoisotopic (exact) mass is 394 g/mol. The highest BCUT2D eigenvalue weighted by molar-refractivity contribution is 5.66. The summed E-state index contributed by atoms with van der Waals surface area (Å²) in [6, 6.07) is 0. The average Bonchev–Trinajstić information content (AvgIpc) is 3.04. The summed E-state index contributed by atoms with van der Waals surface area (Å²) in [5.74, 6) is -0.784. The number of rotatable bonds is 13. The first-order valence-electron chi connectivity index (χ1n) is 9.98. The molecule has 0 spiro atoms. The number of aliphatic carboxylic acids is 1. The van der Waals surface area contributed by atoms with Crippen molar-refractivity contribution in [2.75, 3.05) is 0 Å². The molecule has 6 heteroatoms. The first-order valence-corrected chi connectivity index (χ1v) is 9.98. The van der Waals surface area contributed by atoms with Crippen molar-refractivity contribution in [1.82, 2.24) is 0 Å². The molecule has 0 aliphatic carbocycles. The molecular weight excluding hydrogens is 360 g/mol. The standard InChI is InChI=1S/C22H34O6/c1-2-18(24)21-16-19(25)20(28-21)15-14-17(23)12-10-8-6-4-3-5-7-9-11-13-22(26)27/h3-4,7-10,14-15,17-21,23-25H,2,5-6,11-13,16H2,1H3,(H,26,27)/b4-3-,9-7-,10-8-,15-14+/t17-,18+,19+,20+,21-/m1/s1. The summed E-state index contributed by atoms with van der Waals surface area (Å²) >= 11 is 0. The lowest BCUT2D eigenvalue weighted by Crippen LogP contribution is -2.25. The van der Waals surface area contributed by atoms with Gasteiger partial charge in [-0.1, -0.05) is 55.5 Å². The Kier molecular flexibility index (Phi) is 12.4. The minimum absolute atomic E-state index is 0.160. The Balaban J connectivity index is 2.18. The number of carbonyl (C=O) groups is 1. The fourth-order valence-electron chi connectivity index (χ4n) is 2.82. The molecule has 5 atom stereocenters. The second-order valence-corrected chi connectivity index (χ2v) is 6.92. The van der Waals surface area contributed by atoms with Gasteiger partial charge in [0.05, 0.1) is 24.4 Å². The molecule has 0 unspecified atom stereocenters. The van der Waals surface area contributed by atoms with Crippen LogP contribution in [0.2, 0.25) is 0 Å². The highest BCUT2D eigenvalue weighted by atomic mass is 16.5. The molecule has 0 aromatic heterocycles. The van der Waals surface area contributed by atoms with E-state index in [1.165, 1.54) is 0 Å². The van der Waals surface area contributed by atoms with Crippen LogP contribution in [0.15, 0.2) is 48.6 Å². The SMILES string of the molecule is CC[C@H](O)[C@H]1C[C@H](O)[C@H](/C=C/[C@H](O)C/C=C\C/C=C\C/C=C\CCC(=O)O)O1. The van der Waals surface area contributed by atoms with Gasteiger partial charge < -0.3 is 25.2 Å². The molecule has 28 heavy (non-hydrogen) atoms. The van der Waals surface area contributed by atoms with E-state index < -0.39 is 30.4 Å². The third kappa shape index (κ3) is 10.6. The van der Waals surface area contributed by atoms with E-state index in [9.17, 15) is 20.1 Å². The van der Waals surface area contributed by atoms with E-state index in [1.54, 1.807) is 12.2 Å². The molecule has 1 heterocycles. The van der Waals surface area contributed by atoms with E-state index in [1.807, 2.05) is 43.4 Å². The number of hydrogen-bond acceptors (Lipinski definition) is 5. The Morgan fingerprint density at radius 2 is 1.75 bits per heavy atom. The van der Waals surface area contributed by atoms with E-state index in [4.69, 9.17) is 9.84 Å². The van der Waals surface area contributed by atoms with E-state index in [-0.39, 0.29) is 12.5 Å². The van der Waals surface area contributed by atoms with Gasteiger partial charge in [-0.15, -0.1) is 0 Å². The van der Waals surface area contributed by atoms with Crippen LogP contribution in [0, 0.1) is 0 Å². The number of ether oxygens (including phenoxy) is 1. The molecule has 158 valence electrons. The predicted octanol–water partition coefficient (Wildman–Crippen LogP) is 2.90. The van der Waals surface area contributed by atoms with Crippen LogP contribution < -0.4 is 0 Å². The maximum absolute atomic E-state index is 10.3. The summed E-state index contributed by atoms with van der Waals surface area (Å²) in [6.07, 6.45) is 16.0. The smallest absolute Gasteiger partial charge is 0.303 e. The predicted molar refractivity (Wildman–Crippen MR) is 109 cm³/mol. The van der Waals surface area contributed by atoms with Gasteiger partial charge in [0.15, 0.2) is 0 Å². The molecule has 0 radical (unpaired) electrons. The van der Waals surface area contributed by atoms with Crippen molar-refractivity contribution >= 4 is 5.97 Å². The minimum Gasteiger partial charge on any atom is -0.481 e. The zero-order valence-corrected chi connectivity index (χ0v) is 16.6. The van der Waals surface area contributed by atoms with Gasteiger partial charge in [-0.2, -0.15) is 0 Å². The van der Waals surface area contributed by atoms with Gasteiger partial charge in [-0.25, -0.2) is 0 Å². The zero-order valence-electron chi connectivity index (χ0n) is 16.6. The van der Waals surface area contributed by atoms with E-state index >= 15 is 0 Å². The number of allylic oxidation sites excluding steroid dienone is 5. The number of aliphatic hydroxyl groups is 3. The normalized spacial score (nSPS) is 25.5. The number of carboxylic acid groups (broad SMARTS) is 1. The maximum Gasteiger partial charge on any atom is 0.303 e. The first-order chi connectivity index (χ1) is 13.4. The molecule has 1 saturated heterocycles. The van der Waals surface area contributed by atoms with Crippen molar-refractivity contribution < 1.29 is 30.0 Å². The van der Waals surface area contributed by atoms with Gasteiger partial charge in [-0.3, -0.25) is 4.79 Å². The molecule has 0 saturated carbocycles. The Bertz CT molecular complexity index is 551. The number of hydrogen-bond donors (Lipinski definition) is 4. The fraction of sp³-hybridized carbons (Fsp3) is 0.591. The van der Waals surface area contributed by atoms with Gasteiger partial charge >= 0.3 is 5.97 Å². The van der Waals surface area contributed by atoms with Crippen molar-refractivity contribution in [3.8, 4) is 0 Å². The van der Waals surface area contributed by atoms with Crippen LogP contribution in [0.5, 0.6) is 0 Å². The molecule has 1 aliphatic heterocycles. The summed E-state index contributed by atoms with van der Waals surface area (Å²) in [6.45, 7) is 1.87. The molecule has 1 aliphatic rings. The van der Waals surface area contributed by atoms with Crippen LogP contribution in [0.25, 0.3) is 0 Å².